The van der Waals surface area contributed by atoms with Crippen LogP contribution in [-0.4, -0.2) is 49.2 Å². The fourth-order valence-corrected chi connectivity index (χ4v) is 7.44. The minimum Gasteiger partial charge on any atom is -0.493 e. The molecule has 0 spiro atoms. The van der Waals surface area contributed by atoms with Gasteiger partial charge in [-0.25, -0.2) is 8.42 Å². The Balaban J connectivity index is 0.000000133. The number of aliphatic hydroxyl groups excluding tert-OH is 2. The van der Waals surface area contributed by atoms with E-state index in [0.29, 0.717) is 12.3 Å². The first-order valence-corrected chi connectivity index (χ1v) is 16.7. The number of ether oxygens (including phenoxy) is 1. The third kappa shape index (κ3) is 8.63. The minimum atomic E-state index is -2.97. The van der Waals surface area contributed by atoms with Crippen molar-refractivity contribution >= 4 is 9.84 Å². The highest BCUT2D eigenvalue weighted by Gasteiger charge is 2.29. The van der Waals surface area contributed by atoms with Crippen LogP contribution in [0.2, 0.25) is 0 Å². The van der Waals surface area contributed by atoms with Crippen molar-refractivity contribution in [1.82, 2.24) is 0 Å². The fourth-order valence-electron chi connectivity index (χ4n) is 5.86. The summed E-state index contributed by atoms with van der Waals surface area (Å²) in [6, 6.07) is 23.0. The second-order valence-electron chi connectivity index (χ2n) is 11.8. The van der Waals surface area contributed by atoms with Gasteiger partial charge in [0.05, 0.1) is 36.4 Å². The van der Waals surface area contributed by atoms with Crippen LogP contribution >= 0.6 is 0 Å². The lowest BCUT2D eigenvalue weighted by Crippen LogP contribution is -2.33. The first-order valence-electron chi connectivity index (χ1n) is 14.9. The average molecular weight is 611 g/mol. The van der Waals surface area contributed by atoms with E-state index in [9.17, 15) is 13.5 Å². The van der Waals surface area contributed by atoms with Crippen LogP contribution in [0, 0.1) is 5.92 Å². The summed E-state index contributed by atoms with van der Waals surface area (Å²) in [4.78, 5) is 0. The molecule has 1 fully saturated rings. The zero-order chi connectivity index (χ0) is 31.1. The van der Waals surface area contributed by atoms with Gasteiger partial charge in [0.15, 0.2) is 9.84 Å². The van der Waals surface area contributed by atoms with E-state index in [1.54, 1.807) is 0 Å². The van der Waals surface area contributed by atoms with E-state index in [1.165, 1.54) is 5.56 Å². The molecule has 10 heteroatoms. The maximum atomic E-state index is 11.3. The molecule has 43 heavy (non-hydrogen) atoms. The molecule has 0 bridgehead atoms. The van der Waals surface area contributed by atoms with Crippen LogP contribution in [0.4, 0.5) is 0 Å². The van der Waals surface area contributed by atoms with Crippen LogP contribution in [-0.2, 0) is 22.0 Å². The Morgan fingerprint density at radius 1 is 0.721 bits per heavy atom. The molecule has 0 aromatic heterocycles. The Kier molecular flexibility index (Phi) is 11.4. The molecule has 2 aliphatic heterocycles. The van der Waals surface area contributed by atoms with Crippen LogP contribution in [0.15, 0.2) is 72.8 Å². The van der Waals surface area contributed by atoms with Gasteiger partial charge in [0.2, 0.25) is 0 Å². The Morgan fingerprint density at radius 2 is 1.33 bits per heavy atom. The van der Waals surface area contributed by atoms with Gasteiger partial charge in [-0.3, -0.25) is 0 Å². The number of aliphatic hydroxyl groups is 2. The van der Waals surface area contributed by atoms with Gasteiger partial charge in [0.25, 0.3) is 0 Å². The second-order valence-corrected chi connectivity index (χ2v) is 13.9. The largest absolute Gasteiger partial charge is 0.493 e. The van der Waals surface area contributed by atoms with E-state index in [2.05, 4.69) is 6.92 Å². The molecule has 7 rings (SSSR count). The number of benzene rings is 3. The molecule has 234 valence electrons. The summed E-state index contributed by atoms with van der Waals surface area (Å²) in [5.41, 5.74) is 28.2. The molecule has 7 atom stereocenters. The van der Waals surface area contributed by atoms with Crippen LogP contribution < -0.4 is 27.7 Å². The molecule has 0 amide bonds. The summed E-state index contributed by atoms with van der Waals surface area (Å²) in [6.45, 7) is 2.83. The van der Waals surface area contributed by atoms with Crippen molar-refractivity contribution in [2.45, 2.75) is 74.7 Å². The molecule has 2 aliphatic carbocycles. The van der Waals surface area contributed by atoms with E-state index >= 15 is 0 Å². The van der Waals surface area contributed by atoms with Gasteiger partial charge in [-0.15, -0.1) is 0 Å². The molecular formula is C33H46N4O5S. The first kappa shape index (κ1) is 33.1. The van der Waals surface area contributed by atoms with Crippen molar-refractivity contribution in [2.75, 3.05) is 12.4 Å². The molecule has 3 aromatic rings. The Morgan fingerprint density at radius 3 is 1.91 bits per heavy atom. The Hall–Kier alpha value is -2.83. The predicted molar refractivity (Wildman–Crippen MR) is 170 cm³/mol. The summed E-state index contributed by atoms with van der Waals surface area (Å²) in [7, 11) is -2.97. The molecule has 3 aromatic carbocycles. The zero-order valence-electron chi connectivity index (χ0n) is 24.8. The molecule has 10 N–H and O–H groups in total. The van der Waals surface area contributed by atoms with E-state index in [0.717, 1.165) is 53.9 Å². The van der Waals surface area contributed by atoms with Gasteiger partial charge >= 0.3 is 0 Å². The molecule has 0 unspecified atom stereocenters. The van der Waals surface area contributed by atoms with Gasteiger partial charge in [0, 0.05) is 36.5 Å². The van der Waals surface area contributed by atoms with Crippen LogP contribution in [0.3, 0.4) is 0 Å². The summed E-state index contributed by atoms with van der Waals surface area (Å²) >= 11 is 0. The number of hydrogen-bond donors (Lipinski definition) is 6. The molecule has 9 nitrogen and oxygen atoms in total. The van der Waals surface area contributed by atoms with E-state index in [1.807, 2.05) is 72.8 Å². The fraction of sp³-hybridized carbons (Fsp3) is 0.455. The zero-order valence-corrected chi connectivity index (χ0v) is 25.6. The van der Waals surface area contributed by atoms with Crippen molar-refractivity contribution in [3.63, 3.8) is 0 Å². The molecule has 2 heterocycles. The topological polar surface area (TPSA) is 188 Å². The number of nitrogens with two attached hydrogens (primary N) is 4. The SMILES string of the molecule is C[C@@H]1CC[C@H](O)[C@H]1N.N[C@@H]1CCOc2ccccc21.N[C@@H]1CS(=O)(=O)Cc2ccccc21.N[C@H]1c2ccccc2C[C@H]1O. The number of para-hydroxylation sites is 1. The van der Waals surface area contributed by atoms with E-state index in [-0.39, 0.29) is 47.9 Å². The normalized spacial score (nSPS) is 29.4. The predicted octanol–water partition coefficient (Wildman–Crippen LogP) is 2.79. The lowest BCUT2D eigenvalue weighted by Gasteiger charge is -2.22. The molecular weight excluding hydrogens is 564 g/mol. The van der Waals surface area contributed by atoms with Crippen molar-refractivity contribution < 1.29 is 23.4 Å². The lowest BCUT2D eigenvalue weighted by atomic mass is 10.0. The van der Waals surface area contributed by atoms with E-state index < -0.39 is 9.84 Å². The monoisotopic (exact) mass is 610 g/mol. The van der Waals surface area contributed by atoms with Crippen molar-refractivity contribution in [2.24, 2.45) is 28.9 Å². The average Bonchev–Trinajstić information content (AvgIpc) is 3.45. The first-order chi connectivity index (χ1) is 20.5. The second kappa shape index (κ2) is 14.8. The quantitative estimate of drug-likeness (QED) is 0.222. The standard InChI is InChI=1S/C9H11NO2S.2C9H11NO.C6H13NO/c10-9-6-13(11,12)5-7-3-1-2-4-8(7)9;10-8-5-6-11-9-4-2-1-3-7(8)9;10-9-7-4-2-1-3-6(7)5-8(9)11;1-4-2-3-5(8)6(4)7/h1-4,9H,5-6,10H2;1-4,8H,5-6,10H2;1-4,8-9,11H,5,10H2;4-6,8H,2-3,7H2,1H3/t9-;8-;8-,9+;4-,5+,6+/m1111/s1. The molecule has 0 radical (unpaired) electrons. The van der Waals surface area contributed by atoms with E-state index in [4.69, 9.17) is 32.8 Å². The van der Waals surface area contributed by atoms with Crippen LogP contribution in [0.25, 0.3) is 0 Å². The van der Waals surface area contributed by atoms with Crippen LogP contribution in [0.1, 0.15) is 72.1 Å². The van der Waals surface area contributed by atoms with Gasteiger partial charge < -0.3 is 37.9 Å². The highest BCUT2D eigenvalue weighted by atomic mass is 32.2. The maximum absolute atomic E-state index is 11.3. The Labute approximate surface area is 255 Å². The summed E-state index contributed by atoms with van der Waals surface area (Å²) < 4.78 is 28.1. The lowest BCUT2D eigenvalue weighted by molar-refractivity contribution is 0.158. The molecule has 4 aliphatic rings. The number of sulfone groups is 1. The van der Waals surface area contributed by atoms with Gasteiger partial charge in [-0.1, -0.05) is 73.7 Å². The van der Waals surface area contributed by atoms with Gasteiger partial charge in [0.1, 0.15) is 5.75 Å². The maximum Gasteiger partial charge on any atom is 0.156 e. The third-order valence-corrected chi connectivity index (χ3v) is 10.2. The van der Waals surface area contributed by atoms with Gasteiger partial charge in [-0.05, 0) is 47.1 Å². The van der Waals surface area contributed by atoms with Crippen molar-refractivity contribution in [1.29, 1.82) is 0 Å². The molecule has 1 saturated carbocycles. The van der Waals surface area contributed by atoms with Crippen LogP contribution in [0.5, 0.6) is 5.75 Å². The Bertz CT molecular complexity index is 1440. The smallest absolute Gasteiger partial charge is 0.156 e. The summed E-state index contributed by atoms with van der Waals surface area (Å²) in [6.07, 6.45) is 3.00. The third-order valence-electron chi connectivity index (χ3n) is 8.55. The minimum absolute atomic E-state index is 0.0370. The summed E-state index contributed by atoms with van der Waals surface area (Å²) in [5, 5.41) is 18.4. The number of fused-ring (bicyclic) bond motifs is 3. The molecule has 0 saturated heterocycles. The highest BCUT2D eigenvalue weighted by Crippen LogP contribution is 2.30. The highest BCUT2D eigenvalue weighted by molar-refractivity contribution is 7.90. The summed E-state index contributed by atoms with van der Waals surface area (Å²) in [5.74, 6) is 1.68. The van der Waals surface area contributed by atoms with Crippen molar-refractivity contribution in [3.8, 4) is 5.75 Å². The van der Waals surface area contributed by atoms with Crippen molar-refractivity contribution in [3.05, 3.63) is 101 Å². The number of hydrogen-bond acceptors (Lipinski definition) is 9. The van der Waals surface area contributed by atoms with Gasteiger partial charge in [-0.2, -0.15) is 0 Å². The number of rotatable bonds is 0.